The third-order valence-electron chi connectivity index (χ3n) is 2.28. The van der Waals surface area contributed by atoms with Gasteiger partial charge in [0.2, 0.25) is 0 Å². The Bertz CT molecular complexity index is 286. The fourth-order valence-electron chi connectivity index (χ4n) is 1.22. The molecule has 118 valence electrons. The molecule has 0 atom stereocenters. The molecular weight excluding hydrogens is 262 g/mol. The molecule has 0 rings (SSSR count). The van der Waals surface area contributed by atoms with Crippen molar-refractivity contribution in [3.63, 3.8) is 0 Å². The van der Waals surface area contributed by atoms with Crippen molar-refractivity contribution in [3.05, 3.63) is 0 Å². The lowest BCUT2D eigenvalue weighted by Gasteiger charge is -2.17. The van der Waals surface area contributed by atoms with Gasteiger partial charge in [-0.15, -0.1) is 0 Å². The fraction of sp³-hybridized carbons (Fsp3) is 0.857. The summed E-state index contributed by atoms with van der Waals surface area (Å²) in [7, 11) is 0. The Labute approximate surface area is 121 Å². The topological polar surface area (TPSA) is 73.9 Å². The van der Waals surface area contributed by atoms with Crippen LogP contribution >= 0.6 is 0 Å². The average molecular weight is 289 g/mol. The van der Waals surface area contributed by atoms with Crippen LogP contribution in [0.3, 0.4) is 0 Å². The molecule has 0 saturated heterocycles. The Balaban J connectivity index is 3.29. The van der Waals surface area contributed by atoms with E-state index in [-0.39, 0.29) is 24.4 Å². The van der Waals surface area contributed by atoms with Crippen molar-refractivity contribution in [2.45, 2.75) is 34.1 Å². The zero-order valence-electron chi connectivity index (χ0n) is 13.0. The molecule has 0 radical (unpaired) electrons. The van der Waals surface area contributed by atoms with E-state index in [0.29, 0.717) is 26.4 Å². The van der Waals surface area contributed by atoms with E-state index >= 15 is 0 Å². The maximum atomic E-state index is 11.3. The second-order valence-electron chi connectivity index (χ2n) is 5.74. The smallest absolute Gasteiger partial charge is 0.407 e. The van der Waals surface area contributed by atoms with Crippen LogP contribution in [0.2, 0.25) is 0 Å². The molecule has 0 spiro atoms. The maximum Gasteiger partial charge on any atom is 0.407 e. The maximum absolute atomic E-state index is 11.3. The van der Waals surface area contributed by atoms with Gasteiger partial charge >= 0.3 is 6.09 Å². The molecule has 0 unspecified atom stereocenters. The number of carbonyl (C=O) groups is 2. The highest BCUT2D eigenvalue weighted by Crippen LogP contribution is 2.16. The van der Waals surface area contributed by atoms with Gasteiger partial charge in [-0.1, -0.05) is 20.8 Å². The largest absolute Gasteiger partial charge is 0.447 e. The zero-order valence-corrected chi connectivity index (χ0v) is 13.0. The molecule has 0 aliphatic rings. The number of alkyl carbamates (subject to hydrolysis) is 1. The number of ether oxygens (including phenoxy) is 3. The number of amides is 1. The van der Waals surface area contributed by atoms with E-state index in [1.54, 1.807) is 0 Å². The number of Topliss-reactive ketones (excluding diaryl/α,β-unsaturated/α-hetero) is 1. The third-order valence-corrected chi connectivity index (χ3v) is 2.28. The summed E-state index contributed by atoms with van der Waals surface area (Å²) < 4.78 is 15.1. The Hall–Kier alpha value is -1.14. The Kier molecular flexibility index (Phi) is 10.0. The predicted molar refractivity (Wildman–Crippen MR) is 75.7 cm³/mol. The van der Waals surface area contributed by atoms with Gasteiger partial charge in [-0.05, 0) is 18.8 Å². The first kappa shape index (κ1) is 18.9. The lowest BCUT2D eigenvalue weighted by molar-refractivity contribution is -0.122. The Morgan fingerprint density at radius 1 is 1.00 bits per heavy atom. The zero-order chi connectivity index (χ0) is 15.4. The monoisotopic (exact) mass is 289 g/mol. The first-order chi connectivity index (χ1) is 9.31. The molecule has 0 aromatic heterocycles. The van der Waals surface area contributed by atoms with E-state index < -0.39 is 6.09 Å². The van der Waals surface area contributed by atoms with Gasteiger partial charge in [-0.3, -0.25) is 4.79 Å². The van der Waals surface area contributed by atoms with Gasteiger partial charge < -0.3 is 19.5 Å². The van der Waals surface area contributed by atoms with Crippen LogP contribution in [0.1, 0.15) is 34.1 Å². The van der Waals surface area contributed by atoms with Gasteiger partial charge in [-0.25, -0.2) is 4.79 Å². The van der Waals surface area contributed by atoms with E-state index in [9.17, 15) is 9.59 Å². The summed E-state index contributed by atoms with van der Waals surface area (Å²) in [6, 6.07) is 0. The summed E-state index contributed by atoms with van der Waals surface area (Å²) in [5.41, 5.74) is 0.191. The fourth-order valence-corrected chi connectivity index (χ4v) is 1.22. The summed E-state index contributed by atoms with van der Waals surface area (Å²) in [4.78, 5) is 21.9. The minimum absolute atomic E-state index is 0.0136. The van der Waals surface area contributed by atoms with E-state index in [4.69, 9.17) is 14.2 Å². The summed E-state index contributed by atoms with van der Waals surface area (Å²) in [5, 5.41) is 2.68. The number of rotatable bonds is 10. The van der Waals surface area contributed by atoms with Crippen LogP contribution in [0, 0.1) is 5.41 Å². The predicted octanol–water partition coefficient (Wildman–Crippen LogP) is 1.77. The molecule has 0 saturated carbocycles. The normalized spacial score (nSPS) is 11.2. The quantitative estimate of drug-likeness (QED) is 0.620. The van der Waals surface area contributed by atoms with Crippen molar-refractivity contribution in [2.24, 2.45) is 5.41 Å². The molecule has 0 aliphatic heterocycles. The van der Waals surface area contributed by atoms with Crippen LogP contribution in [0.25, 0.3) is 0 Å². The molecule has 0 aliphatic carbocycles. The summed E-state index contributed by atoms with van der Waals surface area (Å²) in [5.74, 6) is -0.0136. The number of nitrogens with one attached hydrogen (secondary N) is 1. The van der Waals surface area contributed by atoms with Gasteiger partial charge in [0.1, 0.15) is 13.2 Å². The molecule has 1 N–H and O–H groups in total. The molecule has 20 heavy (non-hydrogen) atoms. The Morgan fingerprint density at radius 2 is 1.60 bits per heavy atom. The minimum Gasteiger partial charge on any atom is -0.447 e. The summed E-state index contributed by atoms with van der Waals surface area (Å²) in [6.45, 7) is 9.76. The van der Waals surface area contributed by atoms with Crippen LogP contribution in [0.15, 0.2) is 0 Å². The van der Waals surface area contributed by atoms with Crippen molar-refractivity contribution in [1.82, 2.24) is 5.32 Å². The molecule has 0 bridgehead atoms. The highest BCUT2D eigenvalue weighted by molar-refractivity contribution is 5.76. The molecule has 0 aromatic carbocycles. The standard InChI is InChI=1S/C14H27NO5/c1-12(16)11-19-8-7-18-9-10-20-13(17)15-6-5-14(2,3)4/h5-11H2,1-4H3,(H,15,17). The van der Waals surface area contributed by atoms with Crippen molar-refractivity contribution in [3.8, 4) is 0 Å². The molecule has 0 heterocycles. The van der Waals surface area contributed by atoms with Crippen molar-refractivity contribution in [2.75, 3.05) is 39.6 Å². The van der Waals surface area contributed by atoms with Crippen molar-refractivity contribution < 1.29 is 23.8 Å². The molecular formula is C14H27NO5. The lowest BCUT2D eigenvalue weighted by Crippen LogP contribution is -2.28. The van der Waals surface area contributed by atoms with Crippen molar-refractivity contribution in [1.29, 1.82) is 0 Å². The number of hydrogen-bond acceptors (Lipinski definition) is 5. The van der Waals surface area contributed by atoms with Crippen LogP contribution in [0.5, 0.6) is 0 Å². The number of ketones is 1. The summed E-state index contributed by atoms with van der Waals surface area (Å²) in [6.07, 6.45) is 0.470. The highest BCUT2D eigenvalue weighted by Gasteiger charge is 2.10. The second kappa shape index (κ2) is 10.6. The lowest BCUT2D eigenvalue weighted by atomic mass is 9.92. The SMILES string of the molecule is CC(=O)COCCOCCOC(=O)NCCC(C)(C)C. The van der Waals surface area contributed by atoms with Crippen LogP contribution in [-0.4, -0.2) is 51.5 Å². The third kappa shape index (κ3) is 14.9. The number of hydrogen-bond donors (Lipinski definition) is 1. The first-order valence-corrected chi connectivity index (χ1v) is 6.87. The average Bonchev–Trinajstić information content (AvgIpc) is 2.30. The Morgan fingerprint density at radius 3 is 2.20 bits per heavy atom. The molecule has 6 heteroatoms. The highest BCUT2D eigenvalue weighted by atomic mass is 16.6. The van der Waals surface area contributed by atoms with E-state index in [1.807, 2.05) is 0 Å². The molecule has 1 amide bonds. The first-order valence-electron chi connectivity index (χ1n) is 6.87. The van der Waals surface area contributed by atoms with Gasteiger partial charge in [-0.2, -0.15) is 0 Å². The minimum atomic E-state index is -0.425. The van der Waals surface area contributed by atoms with Gasteiger partial charge in [0, 0.05) is 6.54 Å². The molecule has 0 fully saturated rings. The van der Waals surface area contributed by atoms with E-state index in [1.165, 1.54) is 6.92 Å². The van der Waals surface area contributed by atoms with Crippen LogP contribution < -0.4 is 5.32 Å². The van der Waals surface area contributed by atoms with Gasteiger partial charge in [0.05, 0.1) is 19.8 Å². The molecule has 0 aromatic rings. The van der Waals surface area contributed by atoms with Crippen molar-refractivity contribution >= 4 is 11.9 Å². The van der Waals surface area contributed by atoms with E-state index in [2.05, 4.69) is 26.1 Å². The van der Waals surface area contributed by atoms with E-state index in [0.717, 1.165) is 6.42 Å². The van der Waals surface area contributed by atoms with Gasteiger partial charge in [0.15, 0.2) is 5.78 Å². The van der Waals surface area contributed by atoms with Crippen LogP contribution in [0.4, 0.5) is 4.79 Å². The summed E-state index contributed by atoms with van der Waals surface area (Å²) >= 11 is 0. The van der Waals surface area contributed by atoms with Gasteiger partial charge in [0.25, 0.3) is 0 Å². The second-order valence-corrected chi connectivity index (χ2v) is 5.74. The molecule has 6 nitrogen and oxygen atoms in total. The number of carbonyl (C=O) groups excluding carboxylic acids is 2. The van der Waals surface area contributed by atoms with Crippen LogP contribution in [-0.2, 0) is 19.0 Å².